The summed E-state index contributed by atoms with van der Waals surface area (Å²) in [7, 11) is 1.65. The summed E-state index contributed by atoms with van der Waals surface area (Å²) in [5.74, 6) is 6.32. The van der Waals surface area contributed by atoms with E-state index in [0.717, 1.165) is 0 Å². The Bertz CT molecular complexity index is 280. The SMILES string of the molecule is COC[C@H](C)Nc1nccc(NN)n1. The lowest BCUT2D eigenvalue weighted by Gasteiger charge is -2.12. The van der Waals surface area contributed by atoms with Crippen molar-refractivity contribution in [3.63, 3.8) is 0 Å². The first-order chi connectivity index (χ1) is 6.76. The number of nitrogen functional groups attached to an aromatic ring is 1. The van der Waals surface area contributed by atoms with Gasteiger partial charge in [0, 0.05) is 25.4 Å². The first kappa shape index (κ1) is 10.7. The van der Waals surface area contributed by atoms with Crippen LogP contribution in [0.4, 0.5) is 11.8 Å². The molecule has 0 spiro atoms. The van der Waals surface area contributed by atoms with Crippen molar-refractivity contribution in [1.29, 1.82) is 0 Å². The van der Waals surface area contributed by atoms with Crippen LogP contribution in [0.25, 0.3) is 0 Å². The topological polar surface area (TPSA) is 85.1 Å². The van der Waals surface area contributed by atoms with Crippen LogP contribution in [0, 0.1) is 0 Å². The third-order valence-electron chi connectivity index (χ3n) is 1.60. The second-order valence-electron chi connectivity index (χ2n) is 2.91. The summed E-state index contributed by atoms with van der Waals surface area (Å²) in [4.78, 5) is 8.14. The quantitative estimate of drug-likeness (QED) is 0.462. The Morgan fingerprint density at radius 3 is 3.07 bits per heavy atom. The number of aromatic nitrogens is 2. The predicted octanol–water partition coefficient (Wildman–Crippen LogP) is 0.209. The van der Waals surface area contributed by atoms with Gasteiger partial charge in [-0.05, 0) is 6.92 Å². The van der Waals surface area contributed by atoms with Gasteiger partial charge < -0.3 is 15.5 Å². The van der Waals surface area contributed by atoms with Gasteiger partial charge in [0.25, 0.3) is 0 Å². The number of nitrogens with two attached hydrogens (primary N) is 1. The molecule has 0 saturated heterocycles. The highest BCUT2D eigenvalue weighted by molar-refractivity contribution is 5.38. The normalized spacial score (nSPS) is 12.2. The van der Waals surface area contributed by atoms with Gasteiger partial charge >= 0.3 is 0 Å². The predicted molar refractivity (Wildman–Crippen MR) is 54.8 cm³/mol. The fourth-order valence-corrected chi connectivity index (χ4v) is 1.02. The molecule has 0 unspecified atom stereocenters. The second-order valence-corrected chi connectivity index (χ2v) is 2.91. The summed E-state index contributed by atoms with van der Waals surface area (Å²) >= 11 is 0. The molecule has 1 aromatic rings. The van der Waals surface area contributed by atoms with Crippen molar-refractivity contribution in [2.45, 2.75) is 13.0 Å². The zero-order valence-electron chi connectivity index (χ0n) is 8.32. The molecule has 1 heterocycles. The fourth-order valence-electron chi connectivity index (χ4n) is 1.02. The van der Waals surface area contributed by atoms with Crippen LogP contribution in [-0.2, 0) is 4.74 Å². The number of methoxy groups -OCH3 is 1. The van der Waals surface area contributed by atoms with E-state index in [9.17, 15) is 0 Å². The lowest BCUT2D eigenvalue weighted by atomic mass is 10.4. The van der Waals surface area contributed by atoms with Crippen molar-refractivity contribution in [3.05, 3.63) is 12.3 Å². The Balaban J connectivity index is 2.57. The number of nitrogens with zero attached hydrogens (tertiary/aromatic N) is 2. The average Bonchev–Trinajstić information content (AvgIpc) is 2.18. The van der Waals surface area contributed by atoms with Crippen LogP contribution in [0.3, 0.4) is 0 Å². The fraction of sp³-hybridized carbons (Fsp3) is 0.500. The summed E-state index contributed by atoms with van der Waals surface area (Å²) in [6.07, 6.45) is 1.63. The Morgan fingerprint density at radius 2 is 2.43 bits per heavy atom. The van der Waals surface area contributed by atoms with E-state index < -0.39 is 0 Å². The van der Waals surface area contributed by atoms with Crippen molar-refractivity contribution >= 4 is 11.8 Å². The maximum Gasteiger partial charge on any atom is 0.224 e. The minimum absolute atomic E-state index is 0.160. The molecule has 0 fully saturated rings. The van der Waals surface area contributed by atoms with E-state index in [4.69, 9.17) is 10.6 Å². The maximum absolute atomic E-state index is 5.22. The van der Waals surface area contributed by atoms with Crippen LogP contribution in [0.5, 0.6) is 0 Å². The summed E-state index contributed by atoms with van der Waals surface area (Å²) in [5.41, 5.74) is 2.45. The van der Waals surface area contributed by atoms with E-state index in [2.05, 4.69) is 20.7 Å². The first-order valence-corrected chi connectivity index (χ1v) is 4.31. The summed E-state index contributed by atoms with van der Waals surface area (Å²) in [5, 5.41) is 3.07. The number of nitrogens with one attached hydrogen (secondary N) is 2. The molecular formula is C8H15N5O. The van der Waals surface area contributed by atoms with Gasteiger partial charge in [0.15, 0.2) is 0 Å². The number of ether oxygens (including phenoxy) is 1. The molecular weight excluding hydrogens is 182 g/mol. The van der Waals surface area contributed by atoms with Gasteiger partial charge in [-0.2, -0.15) is 4.98 Å². The van der Waals surface area contributed by atoms with Crippen molar-refractivity contribution in [2.24, 2.45) is 5.84 Å². The van der Waals surface area contributed by atoms with Gasteiger partial charge in [-0.1, -0.05) is 0 Å². The number of hydrogen-bond acceptors (Lipinski definition) is 6. The molecule has 78 valence electrons. The summed E-state index contributed by atoms with van der Waals surface area (Å²) < 4.78 is 4.97. The van der Waals surface area contributed by atoms with Crippen LogP contribution in [0.2, 0.25) is 0 Å². The summed E-state index contributed by atoms with van der Waals surface area (Å²) in [6, 6.07) is 1.85. The molecule has 0 saturated carbocycles. The minimum Gasteiger partial charge on any atom is -0.383 e. The molecule has 0 aliphatic heterocycles. The van der Waals surface area contributed by atoms with E-state index in [-0.39, 0.29) is 6.04 Å². The van der Waals surface area contributed by atoms with Crippen molar-refractivity contribution in [3.8, 4) is 0 Å². The smallest absolute Gasteiger partial charge is 0.224 e. The Labute approximate surface area is 82.9 Å². The van der Waals surface area contributed by atoms with Crippen LogP contribution < -0.4 is 16.6 Å². The van der Waals surface area contributed by atoms with Gasteiger partial charge in [0.1, 0.15) is 5.82 Å². The van der Waals surface area contributed by atoms with E-state index in [1.165, 1.54) is 0 Å². The lowest BCUT2D eigenvalue weighted by Crippen LogP contribution is -2.22. The van der Waals surface area contributed by atoms with E-state index >= 15 is 0 Å². The number of hydrazine groups is 1. The van der Waals surface area contributed by atoms with Crippen molar-refractivity contribution < 1.29 is 4.74 Å². The molecule has 1 rings (SSSR count). The molecule has 0 aromatic carbocycles. The Hall–Kier alpha value is -1.40. The van der Waals surface area contributed by atoms with E-state index in [1.54, 1.807) is 19.4 Å². The van der Waals surface area contributed by atoms with Crippen molar-refractivity contribution in [2.75, 3.05) is 24.5 Å². The number of anilines is 2. The Morgan fingerprint density at radius 1 is 1.64 bits per heavy atom. The van der Waals surface area contributed by atoms with Crippen LogP contribution >= 0.6 is 0 Å². The minimum atomic E-state index is 0.160. The molecule has 0 bridgehead atoms. The zero-order chi connectivity index (χ0) is 10.4. The highest BCUT2D eigenvalue weighted by Crippen LogP contribution is 2.04. The third-order valence-corrected chi connectivity index (χ3v) is 1.60. The zero-order valence-corrected chi connectivity index (χ0v) is 8.32. The van der Waals surface area contributed by atoms with Gasteiger partial charge in [0.2, 0.25) is 5.95 Å². The molecule has 0 aliphatic rings. The highest BCUT2D eigenvalue weighted by atomic mass is 16.5. The molecule has 0 aliphatic carbocycles. The molecule has 1 atom stereocenters. The van der Waals surface area contributed by atoms with Crippen molar-refractivity contribution in [1.82, 2.24) is 9.97 Å². The second kappa shape index (κ2) is 5.36. The molecule has 1 aromatic heterocycles. The molecule has 14 heavy (non-hydrogen) atoms. The van der Waals surface area contributed by atoms with E-state index in [0.29, 0.717) is 18.4 Å². The Kier molecular flexibility index (Phi) is 4.09. The largest absolute Gasteiger partial charge is 0.383 e. The standard InChI is InChI=1S/C8H15N5O/c1-6(5-14-2)11-8-10-4-3-7(12-8)13-9/h3-4,6H,5,9H2,1-2H3,(H2,10,11,12,13)/t6-/m0/s1. The van der Waals surface area contributed by atoms with Gasteiger partial charge in [-0.25, -0.2) is 10.8 Å². The number of hydrogen-bond donors (Lipinski definition) is 3. The van der Waals surface area contributed by atoms with Gasteiger partial charge in [0.05, 0.1) is 6.61 Å². The van der Waals surface area contributed by atoms with Crippen LogP contribution in [0.1, 0.15) is 6.92 Å². The van der Waals surface area contributed by atoms with Crippen LogP contribution in [-0.4, -0.2) is 29.7 Å². The summed E-state index contributed by atoms with van der Waals surface area (Å²) in [6.45, 7) is 2.58. The molecule has 0 amide bonds. The third kappa shape index (κ3) is 3.15. The first-order valence-electron chi connectivity index (χ1n) is 4.31. The molecule has 0 radical (unpaired) electrons. The molecule has 4 N–H and O–H groups in total. The molecule has 6 heteroatoms. The number of rotatable bonds is 5. The van der Waals surface area contributed by atoms with Gasteiger partial charge in [-0.3, -0.25) is 0 Å². The highest BCUT2D eigenvalue weighted by Gasteiger charge is 2.03. The maximum atomic E-state index is 5.22. The van der Waals surface area contributed by atoms with E-state index in [1.807, 2.05) is 6.92 Å². The van der Waals surface area contributed by atoms with Crippen LogP contribution in [0.15, 0.2) is 12.3 Å². The van der Waals surface area contributed by atoms with Gasteiger partial charge in [-0.15, -0.1) is 0 Å². The molecule has 6 nitrogen and oxygen atoms in total. The lowest BCUT2D eigenvalue weighted by molar-refractivity contribution is 0.190. The monoisotopic (exact) mass is 197 g/mol. The average molecular weight is 197 g/mol.